The third kappa shape index (κ3) is 2.25. The second-order valence-corrected chi connectivity index (χ2v) is 3.28. The lowest BCUT2D eigenvalue weighted by Gasteiger charge is -1.98. The minimum Gasteiger partial charge on any atom is -0.461 e. The number of nitriles is 1. The molecule has 0 radical (unpaired) electrons. The summed E-state index contributed by atoms with van der Waals surface area (Å²) in [5, 5.41) is 8.85. The number of nitrogens with one attached hydrogen (secondary N) is 1. The summed E-state index contributed by atoms with van der Waals surface area (Å²) in [7, 11) is 0. The average molecular weight is 247 g/mol. The van der Waals surface area contributed by atoms with Crippen LogP contribution >= 0.6 is 23.2 Å². The minimum atomic E-state index is -0.588. The van der Waals surface area contributed by atoms with Gasteiger partial charge in [-0.2, -0.15) is 5.26 Å². The summed E-state index contributed by atoms with van der Waals surface area (Å²) in [6.07, 6.45) is 0. The van der Waals surface area contributed by atoms with Gasteiger partial charge in [-0.3, -0.25) is 0 Å². The zero-order valence-corrected chi connectivity index (χ0v) is 9.45. The molecule has 80 valence electrons. The molecular weight excluding hydrogens is 239 g/mol. The number of carbonyl (C=O) groups is 1. The molecule has 1 N–H and O–H groups in total. The molecule has 0 fully saturated rings. The second-order valence-electron chi connectivity index (χ2n) is 2.63. The molecular formula is C9H8Cl2N2O2. The molecule has 15 heavy (non-hydrogen) atoms. The maximum Gasteiger partial charge on any atom is 0.356 e. The van der Waals surface area contributed by atoms with Gasteiger partial charge in [0.1, 0.15) is 11.8 Å². The molecule has 0 aliphatic carbocycles. The average Bonchev–Trinajstić information content (AvgIpc) is 2.55. The molecule has 1 rings (SSSR count). The molecule has 0 saturated carbocycles. The van der Waals surface area contributed by atoms with E-state index in [1.54, 1.807) is 6.92 Å². The van der Waals surface area contributed by atoms with Crippen LogP contribution in [0.1, 0.15) is 28.7 Å². The number of rotatable bonds is 3. The van der Waals surface area contributed by atoms with E-state index >= 15 is 0 Å². The Morgan fingerprint density at radius 2 is 2.33 bits per heavy atom. The van der Waals surface area contributed by atoms with E-state index in [1.165, 1.54) is 0 Å². The first-order valence-electron chi connectivity index (χ1n) is 4.19. The van der Waals surface area contributed by atoms with Crippen molar-refractivity contribution in [3.05, 3.63) is 22.0 Å². The number of halogens is 2. The van der Waals surface area contributed by atoms with Crippen LogP contribution in [0.25, 0.3) is 0 Å². The van der Waals surface area contributed by atoms with Crippen LogP contribution in [-0.4, -0.2) is 17.6 Å². The van der Waals surface area contributed by atoms with E-state index in [1.807, 2.05) is 6.07 Å². The Labute approximate surface area is 96.7 Å². The van der Waals surface area contributed by atoms with Crippen LogP contribution in [0.3, 0.4) is 0 Å². The summed E-state index contributed by atoms with van der Waals surface area (Å²) in [4.78, 5) is 14.0. The molecule has 0 aliphatic heterocycles. The van der Waals surface area contributed by atoms with E-state index in [4.69, 9.17) is 33.2 Å². The largest absolute Gasteiger partial charge is 0.461 e. The first kappa shape index (κ1) is 11.9. The van der Waals surface area contributed by atoms with E-state index in [0.29, 0.717) is 5.69 Å². The number of nitrogens with zero attached hydrogens (tertiary/aromatic N) is 1. The molecule has 0 aliphatic rings. The Balaban J connectivity index is 3.16. The first-order valence-corrected chi connectivity index (χ1v) is 5.10. The fraction of sp³-hybridized carbons (Fsp3) is 0.333. The highest BCUT2D eigenvalue weighted by molar-refractivity contribution is 6.34. The quantitative estimate of drug-likeness (QED) is 0.658. The molecule has 1 aromatic heterocycles. The van der Waals surface area contributed by atoms with Crippen LogP contribution in [0.4, 0.5) is 0 Å². The Bertz CT molecular complexity index is 420. The lowest BCUT2D eigenvalue weighted by Crippen LogP contribution is -2.05. The van der Waals surface area contributed by atoms with Gasteiger partial charge in [0.15, 0.2) is 0 Å². The fourth-order valence-electron chi connectivity index (χ4n) is 1.09. The second kappa shape index (κ2) is 5.06. The molecule has 6 heteroatoms. The van der Waals surface area contributed by atoms with Crippen molar-refractivity contribution in [1.82, 2.24) is 4.98 Å². The van der Waals surface area contributed by atoms with Gasteiger partial charge in [0.05, 0.1) is 23.1 Å². The lowest BCUT2D eigenvalue weighted by atomic mass is 10.2. The van der Waals surface area contributed by atoms with E-state index in [-0.39, 0.29) is 28.8 Å². The van der Waals surface area contributed by atoms with Crippen molar-refractivity contribution in [2.45, 2.75) is 12.8 Å². The zero-order valence-electron chi connectivity index (χ0n) is 7.93. The number of hydrogen-bond acceptors (Lipinski definition) is 3. The van der Waals surface area contributed by atoms with Crippen molar-refractivity contribution in [3.63, 3.8) is 0 Å². The summed E-state index contributed by atoms with van der Waals surface area (Å²) in [5.74, 6) is -0.502. The summed E-state index contributed by atoms with van der Waals surface area (Å²) >= 11 is 11.4. The highest BCUT2D eigenvalue weighted by Crippen LogP contribution is 2.25. The van der Waals surface area contributed by atoms with Gasteiger partial charge in [0.25, 0.3) is 0 Å². The molecule has 4 nitrogen and oxygen atoms in total. The summed E-state index contributed by atoms with van der Waals surface area (Å²) in [5.41, 5.74) is 0.688. The van der Waals surface area contributed by atoms with Crippen LogP contribution < -0.4 is 0 Å². The Morgan fingerprint density at radius 3 is 2.73 bits per heavy atom. The van der Waals surface area contributed by atoms with E-state index in [0.717, 1.165) is 0 Å². The van der Waals surface area contributed by atoms with E-state index in [9.17, 15) is 4.79 Å². The number of carbonyl (C=O) groups excluding carboxylic acids is 1. The maximum atomic E-state index is 11.4. The normalized spacial score (nSPS) is 9.73. The molecule has 1 heterocycles. The zero-order chi connectivity index (χ0) is 11.4. The lowest BCUT2D eigenvalue weighted by molar-refractivity contribution is 0.0520. The van der Waals surface area contributed by atoms with Crippen molar-refractivity contribution in [2.24, 2.45) is 0 Å². The number of hydrogen-bond donors (Lipinski definition) is 1. The molecule has 0 aromatic carbocycles. The summed E-state index contributed by atoms with van der Waals surface area (Å²) in [6.45, 7) is 1.93. The molecule has 0 bridgehead atoms. The van der Waals surface area contributed by atoms with Gasteiger partial charge in [0, 0.05) is 5.69 Å². The van der Waals surface area contributed by atoms with E-state index in [2.05, 4.69) is 4.98 Å². The molecule has 0 spiro atoms. The topological polar surface area (TPSA) is 65.9 Å². The van der Waals surface area contributed by atoms with Crippen molar-refractivity contribution < 1.29 is 9.53 Å². The smallest absolute Gasteiger partial charge is 0.356 e. The van der Waals surface area contributed by atoms with Crippen LogP contribution in [0.5, 0.6) is 0 Å². The van der Waals surface area contributed by atoms with Crippen LogP contribution in [0.15, 0.2) is 0 Å². The maximum absolute atomic E-state index is 11.4. The van der Waals surface area contributed by atoms with Crippen molar-refractivity contribution in [3.8, 4) is 6.07 Å². The first-order chi connectivity index (χ1) is 7.15. The van der Waals surface area contributed by atoms with Crippen molar-refractivity contribution in [1.29, 1.82) is 5.26 Å². The molecule has 0 atom stereocenters. The van der Waals surface area contributed by atoms with Crippen LogP contribution in [-0.2, 0) is 10.6 Å². The highest BCUT2D eigenvalue weighted by atomic mass is 35.5. The number of aromatic nitrogens is 1. The Hall–Kier alpha value is -1.18. The monoisotopic (exact) mass is 246 g/mol. The molecule has 0 unspecified atom stereocenters. The van der Waals surface area contributed by atoms with Crippen LogP contribution in [0.2, 0.25) is 5.02 Å². The van der Waals surface area contributed by atoms with E-state index < -0.39 is 5.97 Å². The van der Waals surface area contributed by atoms with Crippen molar-refractivity contribution >= 4 is 29.2 Å². The number of alkyl halides is 1. The highest BCUT2D eigenvalue weighted by Gasteiger charge is 2.21. The number of esters is 1. The van der Waals surface area contributed by atoms with Gasteiger partial charge >= 0.3 is 5.97 Å². The number of aromatic amines is 1. The molecule has 0 saturated heterocycles. The van der Waals surface area contributed by atoms with Gasteiger partial charge in [-0.05, 0) is 6.92 Å². The predicted molar refractivity (Wildman–Crippen MR) is 56.0 cm³/mol. The SMILES string of the molecule is CCOC(=O)c1[nH]c(CCl)c(C#N)c1Cl. The number of H-pyrrole nitrogens is 1. The molecule has 1 aromatic rings. The van der Waals surface area contributed by atoms with Gasteiger partial charge in [-0.1, -0.05) is 11.6 Å². The van der Waals surface area contributed by atoms with Gasteiger partial charge in [0.2, 0.25) is 0 Å². The van der Waals surface area contributed by atoms with Gasteiger partial charge < -0.3 is 9.72 Å². The summed E-state index contributed by atoms with van der Waals surface area (Å²) in [6, 6.07) is 1.88. The van der Waals surface area contributed by atoms with Gasteiger partial charge in [-0.15, -0.1) is 11.6 Å². The minimum absolute atomic E-state index is 0.0617. The third-order valence-corrected chi connectivity index (χ3v) is 2.39. The fourth-order valence-corrected chi connectivity index (χ4v) is 1.57. The Kier molecular flexibility index (Phi) is 4.01. The summed E-state index contributed by atoms with van der Waals surface area (Å²) < 4.78 is 4.76. The number of ether oxygens (including phenoxy) is 1. The Morgan fingerprint density at radius 1 is 1.67 bits per heavy atom. The van der Waals surface area contributed by atoms with Crippen molar-refractivity contribution in [2.75, 3.05) is 6.61 Å². The third-order valence-electron chi connectivity index (χ3n) is 1.74. The van der Waals surface area contributed by atoms with Crippen LogP contribution in [0, 0.1) is 11.3 Å². The molecule has 0 amide bonds. The standard InChI is InChI=1S/C9H8Cl2N2O2/c1-2-15-9(14)8-7(11)5(4-12)6(3-10)13-8/h13H,2-3H2,1H3. The van der Waals surface area contributed by atoms with Gasteiger partial charge in [-0.25, -0.2) is 4.79 Å². The predicted octanol–water partition coefficient (Wildman–Crippen LogP) is 2.46.